The lowest BCUT2D eigenvalue weighted by molar-refractivity contribution is -0.120. The molecule has 0 aliphatic carbocycles. The Morgan fingerprint density at radius 2 is 2.07 bits per heavy atom. The van der Waals surface area contributed by atoms with Gasteiger partial charge in [0.15, 0.2) is 0 Å². The van der Waals surface area contributed by atoms with Gasteiger partial charge in [-0.3, -0.25) is 4.79 Å². The maximum atomic E-state index is 11.3. The van der Waals surface area contributed by atoms with E-state index in [4.69, 9.17) is 22.1 Å². The van der Waals surface area contributed by atoms with Crippen molar-refractivity contribution in [2.45, 2.75) is 0 Å². The first-order valence-electron chi connectivity index (χ1n) is 4.55. The molecule has 1 amide bonds. The topological polar surface area (TPSA) is 64.3 Å². The lowest BCUT2D eigenvalue weighted by Gasteiger charge is -2.05. The molecule has 1 rings (SSSR count). The Morgan fingerprint density at radius 3 is 2.67 bits per heavy atom. The predicted octanol–water partition coefficient (Wildman–Crippen LogP) is 1.25. The van der Waals surface area contributed by atoms with E-state index in [0.29, 0.717) is 23.9 Å². The van der Waals surface area contributed by atoms with Crippen LogP contribution in [0.5, 0.6) is 0 Å². The number of rotatable bonds is 5. The Hall–Kier alpha value is -1.10. The van der Waals surface area contributed by atoms with E-state index in [9.17, 15) is 4.79 Å². The molecule has 0 saturated carbocycles. The molecule has 0 unspecified atom stereocenters. The van der Waals surface area contributed by atoms with E-state index in [2.05, 4.69) is 5.32 Å². The van der Waals surface area contributed by atoms with Crippen LogP contribution in [0.25, 0.3) is 0 Å². The van der Waals surface area contributed by atoms with Crippen LogP contribution >= 0.6 is 11.6 Å². The number of carbonyl (C=O) groups is 1. The van der Waals surface area contributed by atoms with E-state index >= 15 is 0 Å². The lowest BCUT2D eigenvalue weighted by Crippen LogP contribution is -2.20. The molecule has 0 saturated heterocycles. The Kier molecular flexibility index (Phi) is 5.10. The van der Waals surface area contributed by atoms with Gasteiger partial charge in [-0.05, 0) is 24.3 Å². The molecule has 3 N–H and O–H groups in total. The minimum absolute atomic E-state index is 0.0137. The molecule has 1 aromatic carbocycles. The van der Waals surface area contributed by atoms with E-state index in [0.717, 1.165) is 0 Å². The average molecular weight is 229 g/mol. The minimum Gasteiger partial charge on any atom is -0.370 e. The van der Waals surface area contributed by atoms with Crippen LogP contribution in [0.15, 0.2) is 24.3 Å². The molecular formula is C10H13ClN2O2. The van der Waals surface area contributed by atoms with Crippen LogP contribution in [0.3, 0.4) is 0 Å². The quantitative estimate of drug-likeness (QED) is 0.746. The third kappa shape index (κ3) is 4.78. The lowest BCUT2D eigenvalue weighted by atomic mass is 10.3. The third-order valence-electron chi connectivity index (χ3n) is 1.62. The summed E-state index contributed by atoms with van der Waals surface area (Å²) in [7, 11) is 0. The normalized spacial score (nSPS) is 10.0. The summed E-state index contributed by atoms with van der Waals surface area (Å²) in [5, 5.41) is 3.30. The first kappa shape index (κ1) is 12.0. The van der Waals surface area contributed by atoms with Crippen molar-refractivity contribution in [1.82, 2.24) is 0 Å². The highest BCUT2D eigenvalue weighted by atomic mass is 35.5. The zero-order valence-corrected chi connectivity index (χ0v) is 8.96. The number of amides is 1. The number of hydrogen-bond acceptors (Lipinski definition) is 3. The Labute approximate surface area is 93.4 Å². The number of anilines is 1. The molecule has 0 aromatic heterocycles. The van der Waals surface area contributed by atoms with Crippen molar-refractivity contribution in [3.05, 3.63) is 29.3 Å². The molecule has 4 nitrogen and oxygen atoms in total. The van der Waals surface area contributed by atoms with E-state index in [1.165, 1.54) is 0 Å². The monoisotopic (exact) mass is 228 g/mol. The van der Waals surface area contributed by atoms with Crippen molar-refractivity contribution in [2.75, 3.05) is 25.1 Å². The minimum atomic E-state index is -0.203. The van der Waals surface area contributed by atoms with Gasteiger partial charge in [-0.1, -0.05) is 11.6 Å². The van der Waals surface area contributed by atoms with Crippen molar-refractivity contribution in [3.63, 3.8) is 0 Å². The Bertz CT molecular complexity index is 314. The van der Waals surface area contributed by atoms with E-state index in [-0.39, 0.29) is 12.5 Å². The number of nitrogens with one attached hydrogen (secondary N) is 1. The molecule has 0 aliphatic rings. The average Bonchev–Trinajstić information content (AvgIpc) is 2.22. The van der Waals surface area contributed by atoms with Gasteiger partial charge in [0.2, 0.25) is 5.91 Å². The van der Waals surface area contributed by atoms with Gasteiger partial charge in [0, 0.05) is 17.3 Å². The SMILES string of the molecule is NCCOCC(=O)Nc1ccc(Cl)cc1. The van der Waals surface area contributed by atoms with Crippen molar-refractivity contribution in [3.8, 4) is 0 Å². The fraction of sp³-hybridized carbons (Fsp3) is 0.300. The fourth-order valence-electron chi connectivity index (χ4n) is 0.978. The second-order valence-electron chi connectivity index (χ2n) is 2.90. The molecule has 0 atom stereocenters. The fourth-order valence-corrected chi connectivity index (χ4v) is 1.10. The first-order chi connectivity index (χ1) is 7.22. The van der Waals surface area contributed by atoms with Crippen LogP contribution < -0.4 is 11.1 Å². The van der Waals surface area contributed by atoms with Gasteiger partial charge in [-0.15, -0.1) is 0 Å². The van der Waals surface area contributed by atoms with Crippen molar-refractivity contribution < 1.29 is 9.53 Å². The first-order valence-corrected chi connectivity index (χ1v) is 4.93. The molecular weight excluding hydrogens is 216 g/mol. The zero-order chi connectivity index (χ0) is 11.1. The van der Waals surface area contributed by atoms with Crippen LogP contribution in [0.2, 0.25) is 5.02 Å². The standard InChI is InChI=1S/C10H13ClN2O2/c11-8-1-3-9(4-2-8)13-10(14)7-15-6-5-12/h1-4H,5-7,12H2,(H,13,14). The molecule has 82 valence electrons. The summed E-state index contributed by atoms with van der Waals surface area (Å²) in [5.74, 6) is -0.203. The maximum absolute atomic E-state index is 11.3. The second kappa shape index (κ2) is 6.40. The van der Waals surface area contributed by atoms with Crippen molar-refractivity contribution in [1.29, 1.82) is 0 Å². The summed E-state index contributed by atoms with van der Waals surface area (Å²) in [6.07, 6.45) is 0. The summed E-state index contributed by atoms with van der Waals surface area (Å²) in [5.41, 5.74) is 5.91. The summed E-state index contributed by atoms with van der Waals surface area (Å²) >= 11 is 5.70. The molecule has 0 spiro atoms. The molecule has 15 heavy (non-hydrogen) atoms. The summed E-state index contributed by atoms with van der Waals surface area (Å²) in [6.45, 7) is 0.808. The van der Waals surface area contributed by atoms with E-state index < -0.39 is 0 Å². The number of halogens is 1. The molecule has 0 radical (unpaired) electrons. The van der Waals surface area contributed by atoms with Crippen molar-refractivity contribution in [2.24, 2.45) is 5.73 Å². The molecule has 0 bridgehead atoms. The third-order valence-corrected chi connectivity index (χ3v) is 1.88. The number of benzene rings is 1. The van der Waals surface area contributed by atoms with E-state index in [1.807, 2.05) is 0 Å². The predicted molar refractivity (Wildman–Crippen MR) is 60.0 cm³/mol. The molecule has 1 aromatic rings. The summed E-state index contributed by atoms with van der Waals surface area (Å²) in [4.78, 5) is 11.3. The van der Waals surface area contributed by atoms with Gasteiger partial charge < -0.3 is 15.8 Å². The molecule has 5 heteroatoms. The Balaban J connectivity index is 2.34. The van der Waals surface area contributed by atoms with Gasteiger partial charge >= 0.3 is 0 Å². The van der Waals surface area contributed by atoms with Gasteiger partial charge in [0.25, 0.3) is 0 Å². The Morgan fingerprint density at radius 1 is 1.40 bits per heavy atom. The smallest absolute Gasteiger partial charge is 0.250 e. The highest BCUT2D eigenvalue weighted by Gasteiger charge is 2.01. The van der Waals surface area contributed by atoms with E-state index in [1.54, 1.807) is 24.3 Å². The molecule has 0 aliphatic heterocycles. The van der Waals surface area contributed by atoms with Crippen LogP contribution in [0.4, 0.5) is 5.69 Å². The van der Waals surface area contributed by atoms with Crippen LogP contribution in [0, 0.1) is 0 Å². The number of hydrogen-bond donors (Lipinski definition) is 2. The zero-order valence-electron chi connectivity index (χ0n) is 8.20. The van der Waals surface area contributed by atoms with Gasteiger partial charge in [-0.25, -0.2) is 0 Å². The summed E-state index contributed by atoms with van der Waals surface area (Å²) < 4.78 is 4.98. The molecule has 0 heterocycles. The van der Waals surface area contributed by atoms with Gasteiger partial charge in [0.1, 0.15) is 6.61 Å². The maximum Gasteiger partial charge on any atom is 0.250 e. The van der Waals surface area contributed by atoms with Crippen LogP contribution in [0.1, 0.15) is 0 Å². The summed E-state index contributed by atoms with van der Waals surface area (Å²) in [6, 6.07) is 6.86. The number of nitrogens with two attached hydrogens (primary N) is 1. The van der Waals surface area contributed by atoms with Crippen LogP contribution in [-0.4, -0.2) is 25.7 Å². The second-order valence-corrected chi connectivity index (χ2v) is 3.33. The number of ether oxygens (including phenoxy) is 1. The largest absolute Gasteiger partial charge is 0.370 e. The van der Waals surface area contributed by atoms with Gasteiger partial charge in [-0.2, -0.15) is 0 Å². The van der Waals surface area contributed by atoms with Crippen LogP contribution in [-0.2, 0) is 9.53 Å². The van der Waals surface area contributed by atoms with Gasteiger partial charge in [0.05, 0.1) is 6.61 Å². The highest BCUT2D eigenvalue weighted by Crippen LogP contribution is 2.12. The number of carbonyl (C=O) groups excluding carboxylic acids is 1. The highest BCUT2D eigenvalue weighted by molar-refractivity contribution is 6.30. The van der Waals surface area contributed by atoms with Crippen molar-refractivity contribution >= 4 is 23.2 Å². The molecule has 0 fully saturated rings.